The molecule has 0 aliphatic heterocycles. The molecule has 102 valence electrons. The van der Waals surface area contributed by atoms with Crippen LogP contribution in [0, 0.1) is 5.92 Å². The van der Waals surface area contributed by atoms with Gasteiger partial charge in [0.15, 0.2) is 0 Å². The van der Waals surface area contributed by atoms with Crippen LogP contribution in [-0.4, -0.2) is 22.7 Å². The predicted molar refractivity (Wildman–Crippen MR) is 78.1 cm³/mol. The number of fused-ring (bicyclic) bond motifs is 1. The molecule has 19 heavy (non-hydrogen) atoms. The Morgan fingerprint density at radius 1 is 1.58 bits per heavy atom. The van der Waals surface area contributed by atoms with Gasteiger partial charge in [0, 0.05) is 18.0 Å². The number of carbonyl (C=O) groups is 1. The molecule has 1 unspecified atom stereocenters. The van der Waals surface area contributed by atoms with E-state index in [-0.39, 0.29) is 0 Å². The van der Waals surface area contributed by atoms with Crippen molar-refractivity contribution in [2.45, 2.75) is 19.8 Å². The van der Waals surface area contributed by atoms with Gasteiger partial charge in [-0.2, -0.15) is 0 Å². The smallest absolute Gasteiger partial charge is 0.404 e. The number of thiazole rings is 1. The summed E-state index contributed by atoms with van der Waals surface area (Å²) in [6, 6.07) is 5.72. The van der Waals surface area contributed by atoms with E-state index in [2.05, 4.69) is 17.2 Å². The van der Waals surface area contributed by atoms with Gasteiger partial charge in [0.2, 0.25) is 0 Å². The molecule has 1 atom stereocenters. The highest BCUT2D eigenvalue weighted by atomic mass is 35.5. The number of benzene rings is 1. The summed E-state index contributed by atoms with van der Waals surface area (Å²) in [4.78, 5) is 14.9. The summed E-state index contributed by atoms with van der Waals surface area (Å²) in [7, 11) is 0. The van der Waals surface area contributed by atoms with Gasteiger partial charge in [-0.05, 0) is 30.5 Å². The molecule has 0 radical (unpaired) electrons. The summed E-state index contributed by atoms with van der Waals surface area (Å²) >= 11 is 7.60. The first-order valence-corrected chi connectivity index (χ1v) is 7.26. The molecule has 0 spiro atoms. The molecule has 1 amide bonds. The molecule has 1 heterocycles. The fraction of sp³-hybridized carbons (Fsp3) is 0.385. The summed E-state index contributed by atoms with van der Waals surface area (Å²) in [6.07, 6.45) is 0.697. The quantitative estimate of drug-likeness (QED) is 0.883. The second-order valence-electron chi connectivity index (χ2n) is 4.55. The van der Waals surface area contributed by atoms with Crippen LogP contribution in [0.3, 0.4) is 0 Å². The van der Waals surface area contributed by atoms with E-state index in [9.17, 15) is 4.79 Å². The van der Waals surface area contributed by atoms with Crippen molar-refractivity contribution in [3.63, 3.8) is 0 Å². The number of amides is 1. The number of nitrogens with zero attached hydrogens (tertiary/aromatic N) is 1. The van der Waals surface area contributed by atoms with Gasteiger partial charge in [-0.25, -0.2) is 9.78 Å². The number of carboxylic acid groups (broad SMARTS) is 1. The lowest BCUT2D eigenvalue weighted by Crippen LogP contribution is -2.23. The molecule has 0 bridgehead atoms. The van der Waals surface area contributed by atoms with Gasteiger partial charge < -0.3 is 10.4 Å². The summed E-state index contributed by atoms with van der Waals surface area (Å²) in [5.74, 6) is 0.392. The largest absolute Gasteiger partial charge is 0.465 e. The van der Waals surface area contributed by atoms with E-state index < -0.39 is 6.09 Å². The minimum absolute atomic E-state index is 0.392. The Balaban J connectivity index is 1.95. The Hall–Kier alpha value is -1.33. The monoisotopic (exact) mass is 298 g/mol. The lowest BCUT2D eigenvalue weighted by Gasteiger charge is -2.08. The Morgan fingerprint density at radius 2 is 2.37 bits per heavy atom. The highest BCUT2D eigenvalue weighted by Crippen LogP contribution is 2.26. The van der Waals surface area contributed by atoms with Gasteiger partial charge >= 0.3 is 6.09 Å². The van der Waals surface area contributed by atoms with E-state index >= 15 is 0 Å². The first kappa shape index (κ1) is 14.1. The predicted octanol–water partition coefficient (Wildman–Crippen LogP) is 3.79. The van der Waals surface area contributed by atoms with Crippen LogP contribution in [0.1, 0.15) is 18.4 Å². The van der Waals surface area contributed by atoms with Gasteiger partial charge in [-0.3, -0.25) is 0 Å². The normalized spacial score (nSPS) is 12.5. The molecule has 0 saturated carbocycles. The highest BCUT2D eigenvalue weighted by Gasteiger charge is 2.09. The van der Waals surface area contributed by atoms with Crippen LogP contribution < -0.4 is 5.32 Å². The van der Waals surface area contributed by atoms with E-state index in [1.807, 2.05) is 18.2 Å². The summed E-state index contributed by atoms with van der Waals surface area (Å²) < 4.78 is 1.13. The molecule has 1 aromatic carbocycles. The summed E-state index contributed by atoms with van der Waals surface area (Å²) in [6.45, 7) is 2.58. The maximum absolute atomic E-state index is 10.4. The third-order valence-electron chi connectivity index (χ3n) is 2.83. The zero-order valence-corrected chi connectivity index (χ0v) is 12.1. The molecule has 6 heteroatoms. The Bertz CT molecular complexity index is 585. The van der Waals surface area contributed by atoms with Gasteiger partial charge in [0.25, 0.3) is 0 Å². The molecular weight excluding hydrogens is 284 g/mol. The molecule has 0 aliphatic carbocycles. The van der Waals surface area contributed by atoms with E-state index in [4.69, 9.17) is 16.7 Å². The fourth-order valence-electron chi connectivity index (χ4n) is 1.86. The third-order valence-corrected chi connectivity index (χ3v) is 4.12. The van der Waals surface area contributed by atoms with Crippen molar-refractivity contribution in [3.05, 3.63) is 28.2 Å². The molecule has 0 saturated heterocycles. The zero-order chi connectivity index (χ0) is 13.8. The second kappa shape index (κ2) is 6.21. The summed E-state index contributed by atoms with van der Waals surface area (Å²) in [5, 5.41) is 12.6. The van der Waals surface area contributed by atoms with Crippen molar-refractivity contribution >= 4 is 39.2 Å². The Morgan fingerprint density at radius 3 is 3.11 bits per heavy atom. The number of nitrogens with one attached hydrogen (secondary N) is 1. The summed E-state index contributed by atoms with van der Waals surface area (Å²) in [5.41, 5.74) is 0.934. The van der Waals surface area contributed by atoms with E-state index in [1.165, 1.54) is 0 Å². The van der Waals surface area contributed by atoms with Crippen molar-refractivity contribution < 1.29 is 9.90 Å². The van der Waals surface area contributed by atoms with Gasteiger partial charge in [0.1, 0.15) is 0 Å². The molecule has 0 fully saturated rings. The molecule has 4 nitrogen and oxygen atoms in total. The Labute approximate surface area is 120 Å². The first-order valence-electron chi connectivity index (χ1n) is 6.06. The number of aromatic nitrogens is 1. The van der Waals surface area contributed by atoms with Crippen LogP contribution >= 0.6 is 22.9 Å². The third kappa shape index (κ3) is 4.08. The number of rotatable bonds is 5. The van der Waals surface area contributed by atoms with E-state index in [0.717, 1.165) is 28.1 Å². The van der Waals surface area contributed by atoms with Crippen molar-refractivity contribution in [1.29, 1.82) is 0 Å². The maximum atomic E-state index is 10.4. The molecule has 2 aromatic rings. The molecule has 0 aliphatic rings. The van der Waals surface area contributed by atoms with Gasteiger partial charge in [0.05, 0.1) is 15.2 Å². The SMILES string of the molecule is CC(CCNC(=O)O)Cc1nc2cc(Cl)ccc2s1. The van der Waals surface area contributed by atoms with Gasteiger partial charge in [-0.15, -0.1) is 11.3 Å². The molecular formula is C13H15ClN2O2S. The van der Waals surface area contributed by atoms with Crippen LogP contribution in [0.2, 0.25) is 5.02 Å². The lowest BCUT2D eigenvalue weighted by molar-refractivity contribution is 0.193. The highest BCUT2D eigenvalue weighted by molar-refractivity contribution is 7.18. The first-order chi connectivity index (χ1) is 9.04. The van der Waals surface area contributed by atoms with Crippen LogP contribution in [0.5, 0.6) is 0 Å². The van der Waals surface area contributed by atoms with E-state index in [0.29, 0.717) is 17.5 Å². The second-order valence-corrected chi connectivity index (χ2v) is 6.10. The van der Waals surface area contributed by atoms with Crippen LogP contribution in [0.4, 0.5) is 4.79 Å². The maximum Gasteiger partial charge on any atom is 0.404 e. The number of hydrogen-bond acceptors (Lipinski definition) is 3. The van der Waals surface area contributed by atoms with Crippen molar-refractivity contribution in [3.8, 4) is 0 Å². The fourth-order valence-corrected chi connectivity index (χ4v) is 3.14. The standard InChI is InChI=1S/C13H15ClN2O2S/c1-8(4-5-15-13(17)18)6-12-16-10-7-9(14)2-3-11(10)19-12/h2-3,7-8,15H,4-6H2,1H3,(H,17,18). The lowest BCUT2D eigenvalue weighted by atomic mass is 10.0. The van der Waals surface area contributed by atoms with Gasteiger partial charge in [-0.1, -0.05) is 18.5 Å². The van der Waals surface area contributed by atoms with Crippen molar-refractivity contribution in [2.24, 2.45) is 5.92 Å². The van der Waals surface area contributed by atoms with Crippen molar-refractivity contribution in [2.75, 3.05) is 6.54 Å². The van der Waals surface area contributed by atoms with Crippen LogP contribution in [0.25, 0.3) is 10.2 Å². The molecule has 2 rings (SSSR count). The number of halogens is 1. The van der Waals surface area contributed by atoms with Crippen LogP contribution in [0.15, 0.2) is 18.2 Å². The van der Waals surface area contributed by atoms with E-state index in [1.54, 1.807) is 11.3 Å². The zero-order valence-electron chi connectivity index (χ0n) is 10.5. The average Bonchev–Trinajstić information content (AvgIpc) is 2.69. The average molecular weight is 299 g/mol. The number of hydrogen-bond donors (Lipinski definition) is 2. The Kier molecular flexibility index (Phi) is 4.61. The molecule has 2 N–H and O–H groups in total. The minimum atomic E-state index is -0.971. The topological polar surface area (TPSA) is 62.2 Å². The van der Waals surface area contributed by atoms with Crippen LogP contribution in [-0.2, 0) is 6.42 Å². The van der Waals surface area contributed by atoms with Crippen molar-refractivity contribution in [1.82, 2.24) is 10.3 Å². The molecule has 1 aromatic heterocycles. The minimum Gasteiger partial charge on any atom is -0.465 e.